The van der Waals surface area contributed by atoms with Crippen molar-refractivity contribution in [2.24, 2.45) is 5.73 Å². The molecule has 0 saturated heterocycles. The average molecular weight is 229 g/mol. The Morgan fingerprint density at radius 1 is 1.24 bits per heavy atom. The van der Waals surface area contributed by atoms with Gasteiger partial charge in [-0.3, -0.25) is 0 Å². The molecule has 1 unspecified atom stereocenters. The fourth-order valence-corrected chi connectivity index (χ4v) is 2.98. The highest BCUT2D eigenvalue weighted by Crippen LogP contribution is 2.39. The summed E-state index contributed by atoms with van der Waals surface area (Å²) in [4.78, 5) is 0. The van der Waals surface area contributed by atoms with Gasteiger partial charge in [0, 0.05) is 5.54 Å². The van der Waals surface area contributed by atoms with E-state index in [2.05, 4.69) is 25.1 Å². The van der Waals surface area contributed by atoms with Crippen molar-refractivity contribution in [2.75, 3.05) is 0 Å². The molecule has 2 aliphatic carbocycles. The van der Waals surface area contributed by atoms with Crippen LogP contribution in [0.2, 0.25) is 0 Å². The van der Waals surface area contributed by atoms with Crippen LogP contribution in [-0.4, -0.2) is 5.54 Å². The molecule has 1 fully saturated rings. The summed E-state index contributed by atoms with van der Waals surface area (Å²) in [6.45, 7) is 2.35. The highest BCUT2D eigenvalue weighted by Gasteiger charge is 2.37. The van der Waals surface area contributed by atoms with E-state index < -0.39 is 0 Å². The molecule has 1 aromatic rings. The third kappa shape index (κ3) is 2.40. The Hall–Kier alpha value is -0.820. The van der Waals surface area contributed by atoms with E-state index in [1.165, 1.54) is 50.5 Å². The molecule has 1 atom stereocenters. The minimum absolute atomic E-state index is 0.213. The van der Waals surface area contributed by atoms with Crippen molar-refractivity contribution in [3.8, 4) is 0 Å². The summed E-state index contributed by atoms with van der Waals surface area (Å²) in [5.41, 5.74) is 11.1. The molecular formula is C16H23N. The normalized spacial score (nSPS) is 22.2. The number of nitrogens with two attached hydrogens (primary N) is 1. The van der Waals surface area contributed by atoms with Crippen LogP contribution in [0.15, 0.2) is 18.2 Å². The molecule has 1 aromatic carbocycles. The molecule has 0 aliphatic heterocycles. The third-order valence-electron chi connectivity index (χ3n) is 4.66. The van der Waals surface area contributed by atoms with Crippen LogP contribution in [0.1, 0.15) is 61.6 Å². The van der Waals surface area contributed by atoms with Crippen molar-refractivity contribution < 1.29 is 0 Å². The van der Waals surface area contributed by atoms with Gasteiger partial charge in [-0.15, -0.1) is 0 Å². The molecule has 2 N–H and O–H groups in total. The van der Waals surface area contributed by atoms with Crippen LogP contribution in [0.4, 0.5) is 0 Å². The fraction of sp³-hybridized carbons (Fsp3) is 0.625. The molecule has 1 saturated carbocycles. The van der Waals surface area contributed by atoms with Gasteiger partial charge in [0.2, 0.25) is 0 Å². The van der Waals surface area contributed by atoms with Crippen LogP contribution in [0.25, 0.3) is 0 Å². The third-order valence-corrected chi connectivity index (χ3v) is 4.66. The van der Waals surface area contributed by atoms with Gasteiger partial charge in [-0.2, -0.15) is 0 Å². The predicted octanol–water partition coefficient (Wildman–Crippen LogP) is 3.55. The molecule has 2 aliphatic rings. The van der Waals surface area contributed by atoms with Gasteiger partial charge in [0.15, 0.2) is 0 Å². The number of fused-ring (bicyclic) bond motifs is 1. The van der Waals surface area contributed by atoms with Crippen molar-refractivity contribution in [3.63, 3.8) is 0 Å². The lowest BCUT2D eigenvalue weighted by atomic mass is 9.91. The average Bonchev–Trinajstić information content (AvgIpc) is 2.90. The van der Waals surface area contributed by atoms with Gasteiger partial charge in [-0.25, -0.2) is 0 Å². The van der Waals surface area contributed by atoms with Crippen molar-refractivity contribution >= 4 is 0 Å². The van der Waals surface area contributed by atoms with Gasteiger partial charge in [-0.1, -0.05) is 25.1 Å². The lowest BCUT2D eigenvalue weighted by Crippen LogP contribution is -2.21. The van der Waals surface area contributed by atoms with Crippen LogP contribution in [-0.2, 0) is 12.8 Å². The second kappa shape index (κ2) is 4.13. The van der Waals surface area contributed by atoms with Gasteiger partial charge in [0.05, 0.1) is 0 Å². The van der Waals surface area contributed by atoms with E-state index in [1.807, 2.05) is 0 Å². The minimum atomic E-state index is 0.213. The summed E-state index contributed by atoms with van der Waals surface area (Å²) < 4.78 is 0. The summed E-state index contributed by atoms with van der Waals surface area (Å²) in [6.07, 6.45) is 8.85. The molecule has 3 rings (SSSR count). The zero-order chi connectivity index (χ0) is 11.9. The number of aryl methyl sites for hydroxylation is 2. The maximum atomic E-state index is 6.16. The topological polar surface area (TPSA) is 26.0 Å². The first-order valence-corrected chi connectivity index (χ1v) is 7.07. The van der Waals surface area contributed by atoms with E-state index in [9.17, 15) is 0 Å². The smallest absolute Gasteiger partial charge is 0.0155 e. The van der Waals surface area contributed by atoms with E-state index in [-0.39, 0.29) is 5.54 Å². The number of hydrogen-bond acceptors (Lipinski definition) is 1. The first-order chi connectivity index (χ1) is 8.16. The summed E-state index contributed by atoms with van der Waals surface area (Å²) in [7, 11) is 0. The van der Waals surface area contributed by atoms with E-state index in [1.54, 1.807) is 11.1 Å². The maximum Gasteiger partial charge on any atom is 0.0155 e. The Labute approximate surface area is 104 Å². The molecule has 1 nitrogen and oxygen atoms in total. The van der Waals surface area contributed by atoms with Crippen molar-refractivity contribution in [2.45, 2.75) is 63.3 Å². The first kappa shape index (κ1) is 11.3. The molecule has 0 radical (unpaired) electrons. The molecular weight excluding hydrogens is 206 g/mol. The number of benzene rings is 1. The van der Waals surface area contributed by atoms with E-state index >= 15 is 0 Å². The first-order valence-electron chi connectivity index (χ1n) is 7.07. The predicted molar refractivity (Wildman–Crippen MR) is 72.3 cm³/mol. The monoisotopic (exact) mass is 229 g/mol. The zero-order valence-corrected chi connectivity index (χ0v) is 10.8. The highest BCUT2D eigenvalue weighted by atomic mass is 14.8. The highest BCUT2D eigenvalue weighted by molar-refractivity contribution is 5.36. The quantitative estimate of drug-likeness (QED) is 0.839. The maximum absolute atomic E-state index is 6.16. The lowest BCUT2D eigenvalue weighted by Gasteiger charge is -2.16. The van der Waals surface area contributed by atoms with Gasteiger partial charge in [0.25, 0.3) is 0 Å². The molecule has 0 bridgehead atoms. The van der Waals surface area contributed by atoms with Crippen LogP contribution in [0.3, 0.4) is 0 Å². The lowest BCUT2D eigenvalue weighted by molar-refractivity contribution is 0.533. The Morgan fingerprint density at radius 3 is 2.76 bits per heavy atom. The van der Waals surface area contributed by atoms with Gasteiger partial charge in [0.1, 0.15) is 0 Å². The minimum Gasteiger partial charge on any atom is -0.325 e. The van der Waals surface area contributed by atoms with Gasteiger partial charge >= 0.3 is 0 Å². The summed E-state index contributed by atoms with van der Waals surface area (Å²) in [5, 5.41) is 0. The molecule has 92 valence electrons. The van der Waals surface area contributed by atoms with Crippen molar-refractivity contribution in [1.29, 1.82) is 0 Å². The zero-order valence-electron chi connectivity index (χ0n) is 10.8. The second-order valence-electron chi connectivity index (χ2n) is 6.18. The standard InChI is InChI=1S/C16H23N/c1-12(7-8-16(17)9-10-16)14-6-5-13-3-2-4-15(13)11-14/h5-6,11-12H,2-4,7-10,17H2,1H3. The Balaban J connectivity index is 1.66. The van der Waals surface area contributed by atoms with Crippen LogP contribution >= 0.6 is 0 Å². The van der Waals surface area contributed by atoms with Crippen molar-refractivity contribution in [3.05, 3.63) is 34.9 Å². The SMILES string of the molecule is CC(CCC1(N)CC1)c1ccc2c(c1)CCC2. The molecule has 0 heterocycles. The summed E-state index contributed by atoms with van der Waals surface area (Å²) in [5.74, 6) is 0.668. The molecule has 0 spiro atoms. The Morgan fingerprint density at radius 2 is 2.00 bits per heavy atom. The number of rotatable bonds is 4. The number of hydrogen-bond donors (Lipinski definition) is 1. The van der Waals surface area contributed by atoms with E-state index in [0.717, 1.165) is 0 Å². The van der Waals surface area contributed by atoms with Crippen LogP contribution < -0.4 is 5.73 Å². The van der Waals surface area contributed by atoms with Gasteiger partial charge < -0.3 is 5.73 Å². The largest absolute Gasteiger partial charge is 0.325 e. The van der Waals surface area contributed by atoms with E-state index in [0.29, 0.717) is 5.92 Å². The fourth-order valence-electron chi connectivity index (χ4n) is 2.98. The molecule has 0 amide bonds. The summed E-state index contributed by atoms with van der Waals surface area (Å²) in [6, 6.07) is 7.14. The molecule has 0 aromatic heterocycles. The van der Waals surface area contributed by atoms with Crippen LogP contribution in [0.5, 0.6) is 0 Å². The molecule has 1 heteroatoms. The Bertz CT molecular complexity index is 418. The van der Waals surface area contributed by atoms with Crippen molar-refractivity contribution in [1.82, 2.24) is 0 Å². The second-order valence-corrected chi connectivity index (χ2v) is 6.18. The van der Waals surface area contributed by atoms with Gasteiger partial charge in [-0.05, 0) is 67.6 Å². The molecule has 17 heavy (non-hydrogen) atoms. The summed E-state index contributed by atoms with van der Waals surface area (Å²) >= 11 is 0. The van der Waals surface area contributed by atoms with E-state index in [4.69, 9.17) is 5.73 Å². The van der Waals surface area contributed by atoms with Crippen LogP contribution in [0, 0.1) is 0 Å². The Kier molecular flexibility index (Phi) is 2.74.